The zero-order valence-electron chi connectivity index (χ0n) is 8.14. The molecule has 0 fully saturated rings. The van der Waals surface area contributed by atoms with E-state index in [-0.39, 0.29) is 0 Å². The van der Waals surface area contributed by atoms with Crippen LogP contribution in [-0.4, -0.2) is 4.99 Å². The van der Waals surface area contributed by atoms with Gasteiger partial charge in [-0.3, -0.25) is 0 Å². The number of hydrogen-bond acceptors (Lipinski definition) is 2. The fourth-order valence-corrected chi connectivity index (χ4v) is 2.20. The minimum absolute atomic E-state index is 0.789. The zero-order valence-corrected chi connectivity index (χ0v) is 9.78. The van der Waals surface area contributed by atoms with Gasteiger partial charge in [0.25, 0.3) is 0 Å². The molecule has 15 heavy (non-hydrogen) atoms. The lowest BCUT2D eigenvalue weighted by atomic mass is 10.2. The Morgan fingerprint density at radius 2 is 1.93 bits per heavy atom. The van der Waals surface area contributed by atoms with E-state index in [1.165, 1.54) is 5.56 Å². The van der Waals surface area contributed by atoms with Crippen LogP contribution in [-0.2, 0) is 6.54 Å². The van der Waals surface area contributed by atoms with Crippen molar-refractivity contribution in [1.82, 2.24) is 5.32 Å². The van der Waals surface area contributed by atoms with E-state index in [0.29, 0.717) is 0 Å². The summed E-state index contributed by atoms with van der Waals surface area (Å²) in [7, 11) is 0. The Morgan fingerprint density at radius 1 is 1.13 bits per heavy atom. The van der Waals surface area contributed by atoms with Gasteiger partial charge >= 0.3 is 0 Å². The molecule has 0 saturated heterocycles. The first-order chi connectivity index (χ1) is 7.36. The van der Waals surface area contributed by atoms with Crippen molar-refractivity contribution in [2.45, 2.75) is 6.54 Å². The van der Waals surface area contributed by atoms with Crippen LogP contribution in [0.25, 0.3) is 0 Å². The van der Waals surface area contributed by atoms with Crippen LogP contribution in [0.3, 0.4) is 0 Å². The van der Waals surface area contributed by atoms with Gasteiger partial charge in [0.15, 0.2) is 0 Å². The number of benzene rings is 1. The Bertz CT molecular complexity index is 420. The van der Waals surface area contributed by atoms with Crippen molar-refractivity contribution >= 4 is 28.5 Å². The number of rotatable bonds is 3. The lowest BCUT2D eigenvalue weighted by molar-refractivity contribution is 0.930. The predicted octanol–water partition coefficient (Wildman–Crippen LogP) is 3.21. The van der Waals surface area contributed by atoms with Gasteiger partial charge in [-0.25, -0.2) is 0 Å². The van der Waals surface area contributed by atoms with Crippen molar-refractivity contribution < 1.29 is 0 Å². The summed E-state index contributed by atoms with van der Waals surface area (Å²) in [6, 6.07) is 14.3. The molecule has 0 radical (unpaired) electrons. The summed E-state index contributed by atoms with van der Waals surface area (Å²) in [6.07, 6.45) is 0. The molecule has 1 nitrogen and oxygen atoms in total. The highest BCUT2D eigenvalue weighted by Crippen LogP contribution is 2.09. The molecule has 0 bridgehead atoms. The highest BCUT2D eigenvalue weighted by atomic mass is 32.1. The molecule has 1 N–H and O–H groups in total. The van der Waals surface area contributed by atoms with Crippen LogP contribution in [0.2, 0.25) is 0 Å². The number of hydrogen-bond donors (Lipinski definition) is 1. The molecule has 0 spiro atoms. The maximum Gasteiger partial charge on any atom is 0.116 e. The van der Waals surface area contributed by atoms with Crippen LogP contribution in [0.1, 0.15) is 10.4 Å². The second-order valence-electron chi connectivity index (χ2n) is 3.15. The Labute approximate surface area is 98.8 Å². The van der Waals surface area contributed by atoms with E-state index in [1.807, 2.05) is 35.7 Å². The number of thiophene rings is 1. The smallest absolute Gasteiger partial charge is 0.116 e. The van der Waals surface area contributed by atoms with Crippen molar-refractivity contribution in [2.75, 3.05) is 0 Å². The van der Waals surface area contributed by atoms with Crippen molar-refractivity contribution in [3.05, 3.63) is 58.3 Å². The third-order valence-corrected chi connectivity index (χ3v) is 3.42. The number of nitrogens with one attached hydrogen (secondary N) is 1. The molecular formula is C12H11NS2. The summed E-state index contributed by atoms with van der Waals surface area (Å²) in [5.74, 6) is 0. The summed E-state index contributed by atoms with van der Waals surface area (Å²) in [5, 5.41) is 5.28. The third-order valence-electron chi connectivity index (χ3n) is 2.04. The Hall–Kier alpha value is -1.19. The monoisotopic (exact) mass is 233 g/mol. The van der Waals surface area contributed by atoms with Gasteiger partial charge in [-0.1, -0.05) is 48.6 Å². The van der Waals surface area contributed by atoms with Crippen LogP contribution in [0.4, 0.5) is 0 Å². The average Bonchev–Trinajstić information content (AvgIpc) is 2.81. The van der Waals surface area contributed by atoms with E-state index in [9.17, 15) is 0 Å². The fraction of sp³-hybridized carbons (Fsp3) is 0.0833. The van der Waals surface area contributed by atoms with Gasteiger partial charge in [-0.05, 0) is 17.0 Å². The first-order valence-corrected chi connectivity index (χ1v) is 6.00. The van der Waals surface area contributed by atoms with Gasteiger partial charge in [-0.2, -0.15) is 0 Å². The molecule has 0 amide bonds. The van der Waals surface area contributed by atoms with Crippen LogP contribution in [0.5, 0.6) is 0 Å². The molecule has 1 aromatic carbocycles. The molecule has 0 aliphatic heterocycles. The standard InChI is InChI=1S/C12H11NS2/c14-12(11-7-4-8-15-11)13-9-10-5-2-1-3-6-10/h1-8H,9H2,(H,13,14). The highest BCUT2D eigenvalue weighted by molar-refractivity contribution is 7.81. The summed E-state index contributed by atoms with van der Waals surface area (Å²) in [4.78, 5) is 1.95. The van der Waals surface area contributed by atoms with Crippen LogP contribution < -0.4 is 5.32 Å². The van der Waals surface area contributed by atoms with Gasteiger partial charge in [-0.15, -0.1) is 11.3 Å². The SMILES string of the molecule is S=C(NCc1ccccc1)c1cccs1. The number of thiocarbonyl (C=S) groups is 1. The van der Waals surface area contributed by atoms with Crippen molar-refractivity contribution in [2.24, 2.45) is 0 Å². The molecule has 0 aliphatic carbocycles. The topological polar surface area (TPSA) is 12.0 Å². The third kappa shape index (κ3) is 2.88. The fourth-order valence-electron chi connectivity index (χ4n) is 1.27. The largest absolute Gasteiger partial charge is 0.371 e. The van der Waals surface area contributed by atoms with Gasteiger partial charge in [0.1, 0.15) is 4.99 Å². The van der Waals surface area contributed by atoms with Gasteiger partial charge in [0, 0.05) is 6.54 Å². The van der Waals surface area contributed by atoms with Crippen molar-refractivity contribution in [3.63, 3.8) is 0 Å². The highest BCUT2D eigenvalue weighted by Gasteiger charge is 2.00. The average molecular weight is 233 g/mol. The quantitative estimate of drug-likeness (QED) is 0.817. The van der Waals surface area contributed by atoms with Gasteiger partial charge in [0.05, 0.1) is 4.88 Å². The van der Waals surface area contributed by atoms with E-state index in [1.54, 1.807) is 11.3 Å². The van der Waals surface area contributed by atoms with E-state index in [2.05, 4.69) is 17.4 Å². The molecule has 2 rings (SSSR count). The first kappa shape index (κ1) is 10.3. The van der Waals surface area contributed by atoms with E-state index in [0.717, 1.165) is 16.4 Å². The molecular weight excluding hydrogens is 222 g/mol. The Balaban J connectivity index is 1.92. The Morgan fingerprint density at radius 3 is 2.60 bits per heavy atom. The van der Waals surface area contributed by atoms with Crippen LogP contribution in [0.15, 0.2) is 47.8 Å². The predicted molar refractivity (Wildman–Crippen MR) is 69.3 cm³/mol. The molecule has 2 aromatic rings. The summed E-state index contributed by atoms with van der Waals surface area (Å²) in [6.45, 7) is 0.789. The summed E-state index contributed by atoms with van der Waals surface area (Å²) >= 11 is 6.94. The lowest BCUT2D eigenvalue weighted by Gasteiger charge is -2.05. The molecule has 76 valence electrons. The molecule has 1 aromatic heterocycles. The Kier molecular flexibility index (Phi) is 3.48. The molecule has 1 heterocycles. The normalized spacial score (nSPS) is 9.87. The molecule has 3 heteroatoms. The van der Waals surface area contributed by atoms with Crippen LogP contribution in [0, 0.1) is 0 Å². The summed E-state index contributed by atoms with van der Waals surface area (Å²) < 4.78 is 0. The molecule has 0 unspecified atom stereocenters. The molecule has 0 atom stereocenters. The van der Waals surface area contributed by atoms with Crippen LogP contribution >= 0.6 is 23.6 Å². The van der Waals surface area contributed by atoms with Gasteiger partial charge < -0.3 is 5.32 Å². The maximum atomic E-state index is 5.27. The van der Waals surface area contributed by atoms with E-state index < -0.39 is 0 Å². The van der Waals surface area contributed by atoms with E-state index >= 15 is 0 Å². The molecule has 0 aliphatic rings. The first-order valence-electron chi connectivity index (χ1n) is 4.72. The maximum absolute atomic E-state index is 5.27. The van der Waals surface area contributed by atoms with E-state index in [4.69, 9.17) is 12.2 Å². The molecule has 0 saturated carbocycles. The second kappa shape index (κ2) is 5.05. The lowest BCUT2D eigenvalue weighted by Crippen LogP contribution is -2.20. The van der Waals surface area contributed by atoms with Gasteiger partial charge in [0.2, 0.25) is 0 Å². The second-order valence-corrected chi connectivity index (χ2v) is 4.50. The summed E-state index contributed by atoms with van der Waals surface area (Å²) in [5.41, 5.74) is 1.25. The van der Waals surface area contributed by atoms with Crippen molar-refractivity contribution in [3.8, 4) is 0 Å². The minimum atomic E-state index is 0.789. The zero-order chi connectivity index (χ0) is 10.5. The van der Waals surface area contributed by atoms with Crippen molar-refractivity contribution in [1.29, 1.82) is 0 Å². The minimum Gasteiger partial charge on any atom is -0.371 e.